The van der Waals surface area contributed by atoms with Gasteiger partial charge in [0.15, 0.2) is 5.96 Å². The Labute approximate surface area is 123 Å². The summed E-state index contributed by atoms with van der Waals surface area (Å²) in [6.45, 7) is 12.5. The van der Waals surface area contributed by atoms with E-state index in [1.807, 2.05) is 0 Å². The third-order valence-corrected chi connectivity index (χ3v) is 2.64. The molecule has 0 spiro atoms. The zero-order chi connectivity index (χ0) is 12.4. The summed E-state index contributed by atoms with van der Waals surface area (Å²) in [5, 5.41) is 3.15. The molecule has 0 unspecified atom stereocenters. The molecule has 0 aliphatic carbocycles. The molecule has 17 heavy (non-hydrogen) atoms. The fourth-order valence-electron chi connectivity index (χ4n) is 1.52. The van der Waals surface area contributed by atoms with Gasteiger partial charge in [-0.05, 0) is 26.8 Å². The Bertz CT molecular complexity index is 195. The SMILES string of the molecule is CCCCN=C(N)NCCN(CC)C(C)C.I. The van der Waals surface area contributed by atoms with E-state index in [2.05, 4.69) is 42.9 Å². The number of rotatable bonds is 8. The van der Waals surface area contributed by atoms with Gasteiger partial charge in [0, 0.05) is 25.7 Å². The molecule has 0 aromatic heterocycles. The number of halogens is 1. The van der Waals surface area contributed by atoms with Crippen molar-refractivity contribution in [1.82, 2.24) is 10.2 Å². The Balaban J connectivity index is 0. The second kappa shape index (κ2) is 12.4. The van der Waals surface area contributed by atoms with Crippen LogP contribution in [0.1, 0.15) is 40.5 Å². The summed E-state index contributed by atoms with van der Waals surface area (Å²) in [6.07, 6.45) is 2.27. The lowest BCUT2D eigenvalue weighted by molar-refractivity contribution is 0.237. The third-order valence-electron chi connectivity index (χ3n) is 2.64. The zero-order valence-electron chi connectivity index (χ0n) is 11.7. The van der Waals surface area contributed by atoms with Crippen LogP contribution in [-0.2, 0) is 0 Å². The van der Waals surface area contributed by atoms with Crippen LogP contribution in [0.3, 0.4) is 0 Å². The summed E-state index contributed by atoms with van der Waals surface area (Å²) < 4.78 is 0. The maximum atomic E-state index is 5.74. The molecule has 0 radical (unpaired) electrons. The van der Waals surface area contributed by atoms with Crippen molar-refractivity contribution in [1.29, 1.82) is 0 Å². The lowest BCUT2D eigenvalue weighted by Gasteiger charge is -2.24. The molecule has 0 aromatic rings. The zero-order valence-corrected chi connectivity index (χ0v) is 14.0. The largest absolute Gasteiger partial charge is 0.370 e. The van der Waals surface area contributed by atoms with Gasteiger partial charge >= 0.3 is 0 Å². The van der Waals surface area contributed by atoms with Crippen molar-refractivity contribution in [3.63, 3.8) is 0 Å². The number of nitrogens with zero attached hydrogens (tertiary/aromatic N) is 2. The van der Waals surface area contributed by atoms with Gasteiger partial charge in [0.2, 0.25) is 0 Å². The molecule has 0 amide bonds. The first-order valence-electron chi connectivity index (χ1n) is 6.39. The standard InChI is InChI=1S/C12H28N4.HI/c1-5-7-8-14-12(13)15-9-10-16(6-2)11(3)4;/h11H,5-10H2,1-4H3,(H3,13,14,15);1H. The highest BCUT2D eigenvalue weighted by atomic mass is 127. The average molecular weight is 356 g/mol. The number of hydrogen-bond donors (Lipinski definition) is 2. The van der Waals surface area contributed by atoms with E-state index in [-0.39, 0.29) is 24.0 Å². The predicted molar refractivity (Wildman–Crippen MR) is 87.2 cm³/mol. The van der Waals surface area contributed by atoms with E-state index in [0.29, 0.717) is 12.0 Å². The van der Waals surface area contributed by atoms with E-state index >= 15 is 0 Å². The molecule has 4 nitrogen and oxygen atoms in total. The van der Waals surface area contributed by atoms with Crippen molar-refractivity contribution in [2.45, 2.75) is 46.6 Å². The van der Waals surface area contributed by atoms with Gasteiger partial charge in [0.05, 0.1) is 0 Å². The minimum atomic E-state index is 0. The smallest absolute Gasteiger partial charge is 0.188 e. The minimum Gasteiger partial charge on any atom is -0.370 e. The van der Waals surface area contributed by atoms with E-state index < -0.39 is 0 Å². The highest BCUT2D eigenvalue weighted by molar-refractivity contribution is 14.0. The number of nitrogens with two attached hydrogens (primary N) is 1. The molecular weight excluding hydrogens is 327 g/mol. The fourth-order valence-corrected chi connectivity index (χ4v) is 1.52. The third kappa shape index (κ3) is 10.8. The number of aliphatic imine (C=N–C) groups is 1. The van der Waals surface area contributed by atoms with Crippen LogP contribution in [0.4, 0.5) is 0 Å². The van der Waals surface area contributed by atoms with Crippen molar-refractivity contribution >= 4 is 29.9 Å². The van der Waals surface area contributed by atoms with E-state index in [1.54, 1.807) is 0 Å². The second-order valence-corrected chi connectivity index (χ2v) is 4.27. The molecule has 0 saturated heterocycles. The summed E-state index contributed by atoms with van der Waals surface area (Å²) in [5.74, 6) is 0.577. The van der Waals surface area contributed by atoms with Crippen LogP contribution in [0, 0.1) is 0 Å². The molecule has 5 heteroatoms. The molecule has 0 aromatic carbocycles. The number of guanidine groups is 1. The van der Waals surface area contributed by atoms with Crippen LogP contribution in [0.15, 0.2) is 4.99 Å². The number of hydrogen-bond acceptors (Lipinski definition) is 2. The maximum absolute atomic E-state index is 5.74. The van der Waals surface area contributed by atoms with E-state index in [1.165, 1.54) is 0 Å². The summed E-state index contributed by atoms with van der Waals surface area (Å²) >= 11 is 0. The summed E-state index contributed by atoms with van der Waals surface area (Å²) in [5.41, 5.74) is 5.74. The van der Waals surface area contributed by atoms with E-state index in [4.69, 9.17) is 5.73 Å². The predicted octanol–water partition coefficient (Wildman–Crippen LogP) is 2.04. The molecule has 104 valence electrons. The molecule has 0 fully saturated rings. The molecular formula is C12H29IN4. The van der Waals surface area contributed by atoms with Crippen LogP contribution >= 0.6 is 24.0 Å². The Morgan fingerprint density at radius 3 is 2.47 bits per heavy atom. The Kier molecular flexibility index (Phi) is 14.1. The summed E-state index contributed by atoms with van der Waals surface area (Å²) in [7, 11) is 0. The molecule has 0 rings (SSSR count). The Morgan fingerprint density at radius 1 is 1.35 bits per heavy atom. The maximum Gasteiger partial charge on any atom is 0.188 e. The van der Waals surface area contributed by atoms with Crippen LogP contribution in [0.5, 0.6) is 0 Å². The molecule has 0 bridgehead atoms. The number of likely N-dealkylation sites (N-methyl/N-ethyl adjacent to an activating group) is 1. The van der Waals surface area contributed by atoms with Gasteiger partial charge in [-0.2, -0.15) is 0 Å². The first-order valence-corrected chi connectivity index (χ1v) is 6.39. The van der Waals surface area contributed by atoms with Crippen LogP contribution < -0.4 is 11.1 Å². The van der Waals surface area contributed by atoms with Crippen molar-refractivity contribution in [3.05, 3.63) is 0 Å². The van der Waals surface area contributed by atoms with Gasteiger partial charge in [-0.1, -0.05) is 20.3 Å². The molecule has 0 aliphatic rings. The van der Waals surface area contributed by atoms with E-state index in [9.17, 15) is 0 Å². The van der Waals surface area contributed by atoms with Crippen molar-refractivity contribution in [2.24, 2.45) is 10.7 Å². The number of nitrogens with one attached hydrogen (secondary N) is 1. The van der Waals surface area contributed by atoms with Crippen molar-refractivity contribution in [2.75, 3.05) is 26.2 Å². The first-order chi connectivity index (χ1) is 7.61. The van der Waals surface area contributed by atoms with Gasteiger partial charge in [0.1, 0.15) is 0 Å². The number of unbranched alkanes of at least 4 members (excludes halogenated alkanes) is 1. The molecule has 0 aliphatic heterocycles. The Hall–Kier alpha value is -0.0400. The van der Waals surface area contributed by atoms with Gasteiger partial charge in [0.25, 0.3) is 0 Å². The van der Waals surface area contributed by atoms with Crippen molar-refractivity contribution < 1.29 is 0 Å². The van der Waals surface area contributed by atoms with Gasteiger partial charge in [-0.3, -0.25) is 9.89 Å². The monoisotopic (exact) mass is 356 g/mol. The van der Waals surface area contributed by atoms with E-state index in [0.717, 1.165) is 39.0 Å². The lowest BCUT2D eigenvalue weighted by atomic mass is 10.3. The highest BCUT2D eigenvalue weighted by Crippen LogP contribution is 1.95. The van der Waals surface area contributed by atoms with Crippen LogP contribution in [0.25, 0.3) is 0 Å². The minimum absolute atomic E-state index is 0. The molecule has 0 heterocycles. The van der Waals surface area contributed by atoms with Crippen molar-refractivity contribution in [3.8, 4) is 0 Å². The normalized spacial score (nSPS) is 11.8. The highest BCUT2D eigenvalue weighted by Gasteiger charge is 2.05. The van der Waals surface area contributed by atoms with Gasteiger partial charge < -0.3 is 11.1 Å². The second-order valence-electron chi connectivity index (χ2n) is 4.27. The summed E-state index contributed by atoms with van der Waals surface area (Å²) in [6, 6.07) is 0.588. The average Bonchev–Trinajstić information content (AvgIpc) is 2.24. The van der Waals surface area contributed by atoms with Crippen LogP contribution in [-0.4, -0.2) is 43.1 Å². The van der Waals surface area contributed by atoms with Gasteiger partial charge in [-0.25, -0.2) is 0 Å². The van der Waals surface area contributed by atoms with Crippen LogP contribution in [0.2, 0.25) is 0 Å². The topological polar surface area (TPSA) is 53.6 Å². The Morgan fingerprint density at radius 2 is 2.00 bits per heavy atom. The molecule has 0 atom stereocenters. The van der Waals surface area contributed by atoms with Gasteiger partial charge in [-0.15, -0.1) is 24.0 Å². The molecule has 3 N–H and O–H groups in total. The quantitative estimate of drug-likeness (QED) is 0.303. The lowest BCUT2D eigenvalue weighted by Crippen LogP contribution is -2.41. The fraction of sp³-hybridized carbons (Fsp3) is 0.917. The summed E-state index contributed by atoms with van der Waals surface area (Å²) in [4.78, 5) is 6.64. The molecule has 0 saturated carbocycles. The first kappa shape index (κ1) is 19.3.